The van der Waals surface area contributed by atoms with Gasteiger partial charge in [0.2, 0.25) is 0 Å². The number of nitrogens with one attached hydrogen (secondary N) is 1. The minimum Gasteiger partial charge on any atom is -0.497 e. The van der Waals surface area contributed by atoms with Crippen LogP contribution in [0.2, 0.25) is 0 Å². The number of methoxy groups -OCH3 is 1. The number of amides is 2. The smallest absolute Gasteiger partial charge is 0.255 e. The van der Waals surface area contributed by atoms with Gasteiger partial charge in [-0.05, 0) is 49.2 Å². The van der Waals surface area contributed by atoms with E-state index >= 15 is 0 Å². The lowest BCUT2D eigenvalue weighted by atomic mass is 9.93. The van der Waals surface area contributed by atoms with Crippen LogP contribution in [0.4, 0.5) is 5.69 Å². The van der Waals surface area contributed by atoms with Gasteiger partial charge >= 0.3 is 0 Å². The zero-order chi connectivity index (χ0) is 23.5. The Morgan fingerprint density at radius 1 is 1.18 bits per heavy atom. The van der Waals surface area contributed by atoms with E-state index in [1.54, 1.807) is 62.1 Å². The molecule has 0 saturated carbocycles. The molecule has 0 bridgehead atoms. The average Bonchev–Trinajstić information content (AvgIpc) is 2.82. The number of allylic oxidation sites excluding steroid dienone is 1. The number of fused-ring (bicyclic) bond motifs is 1. The highest BCUT2D eigenvalue weighted by molar-refractivity contribution is 8.13. The van der Waals surface area contributed by atoms with E-state index in [-0.39, 0.29) is 17.9 Å². The van der Waals surface area contributed by atoms with Gasteiger partial charge < -0.3 is 19.9 Å². The second kappa shape index (κ2) is 9.70. The van der Waals surface area contributed by atoms with Crippen LogP contribution in [-0.4, -0.2) is 60.3 Å². The molecule has 0 radical (unpaired) electrons. The number of benzene rings is 2. The molecule has 0 aromatic heterocycles. The number of hydrogen-bond acceptors (Lipinski definition) is 6. The summed E-state index contributed by atoms with van der Waals surface area (Å²) in [5.41, 5.74) is 3.53. The van der Waals surface area contributed by atoms with Gasteiger partial charge in [0.15, 0.2) is 5.17 Å². The molecule has 2 aromatic rings. The van der Waals surface area contributed by atoms with E-state index in [1.165, 1.54) is 0 Å². The van der Waals surface area contributed by atoms with E-state index in [0.717, 1.165) is 35.1 Å². The third kappa shape index (κ3) is 4.75. The van der Waals surface area contributed by atoms with Gasteiger partial charge in [0.1, 0.15) is 5.75 Å². The number of ether oxygens (including phenoxy) is 1. The molecule has 1 atom stereocenters. The number of thioether (sulfide) groups is 1. The highest BCUT2D eigenvalue weighted by atomic mass is 32.2. The number of carbonyl (C=O) groups excluding carboxylic acids is 2. The molecule has 4 rings (SSSR count). The molecule has 1 saturated heterocycles. The molecule has 2 aromatic carbocycles. The highest BCUT2D eigenvalue weighted by Crippen LogP contribution is 2.40. The summed E-state index contributed by atoms with van der Waals surface area (Å²) in [6, 6.07) is 14.5. The first-order chi connectivity index (χ1) is 15.9. The molecule has 2 amide bonds. The Hall–Kier alpha value is -3.26. The van der Waals surface area contributed by atoms with Crippen LogP contribution in [0.15, 0.2) is 64.8 Å². The Kier molecular flexibility index (Phi) is 6.74. The zero-order valence-electron chi connectivity index (χ0n) is 19.3. The van der Waals surface area contributed by atoms with E-state index in [4.69, 9.17) is 9.73 Å². The van der Waals surface area contributed by atoms with Gasteiger partial charge in [-0.2, -0.15) is 0 Å². The minimum atomic E-state index is -0.256. The first kappa shape index (κ1) is 22.9. The highest BCUT2D eigenvalue weighted by Gasteiger charge is 2.37. The molecule has 172 valence electrons. The molecule has 33 heavy (non-hydrogen) atoms. The van der Waals surface area contributed by atoms with Gasteiger partial charge in [-0.25, -0.2) is 4.99 Å². The molecule has 1 fully saturated rings. The summed E-state index contributed by atoms with van der Waals surface area (Å²) in [4.78, 5) is 34.6. The number of amidine groups is 1. The van der Waals surface area contributed by atoms with Crippen LogP contribution >= 0.6 is 11.8 Å². The normalized spacial score (nSPS) is 17.8. The molecule has 0 spiro atoms. The van der Waals surface area contributed by atoms with Crippen LogP contribution in [0.25, 0.3) is 0 Å². The summed E-state index contributed by atoms with van der Waals surface area (Å²) < 4.78 is 5.23. The Labute approximate surface area is 198 Å². The van der Waals surface area contributed by atoms with Crippen molar-refractivity contribution < 1.29 is 14.3 Å². The van der Waals surface area contributed by atoms with Gasteiger partial charge in [-0.1, -0.05) is 30.0 Å². The van der Waals surface area contributed by atoms with Crippen LogP contribution in [0, 0.1) is 0 Å². The largest absolute Gasteiger partial charge is 0.497 e. The monoisotopic (exact) mass is 464 g/mol. The van der Waals surface area contributed by atoms with E-state index < -0.39 is 0 Å². The number of hydrogen-bond donors (Lipinski definition) is 1. The summed E-state index contributed by atoms with van der Waals surface area (Å²) in [6.45, 7) is 2.73. The van der Waals surface area contributed by atoms with Crippen LogP contribution < -0.4 is 10.1 Å². The van der Waals surface area contributed by atoms with Gasteiger partial charge in [0, 0.05) is 37.6 Å². The number of likely N-dealkylation sites (N-methyl/N-ethyl adjacent to an activating group) is 1. The SMILES string of the molecule is COc1cccc(C(=O)Nc2cccc(C3C(C(=O)N(C)C)=C(C)N=C4SCCCN43)c2)c1. The number of anilines is 1. The molecule has 1 unspecified atom stereocenters. The van der Waals surface area contributed by atoms with Crippen LogP contribution in [0.3, 0.4) is 0 Å². The molecule has 2 heterocycles. The molecular formula is C25H28N4O3S. The van der Waals surface area contributed by atoms with Crippen molar-refractivity contribution >= 4 is 34.4 Å². The predicted molar refractivity (Wildman–Crippen MR) is 133 cm³/mol. The maximum Gasteiger partial charge on any atom is 0.255 e. The van der Waals surface area contributed by atoms with Gasteiger partial charge in [-0.3, -0.25) is 9.59 Å². The first-order valence-electron chi connectivity index (χ1n) is 10.8. The number of nitrogens with zero attached hydrogens (tertiary/aromatic N) is 3. The van der Waals surface area contributed by atoms with E-state index in [2.05, 4.69) is 10.2 Å². The molecular weight excluding hydrogens is 436 g/mol. The number of carbonyl (C=O) groups is 2. The molecule has 0 aliphatic carbocycles. The third-order valence-corrected chi connectivity index (χ3v) is 6.76. The lowest BCUT2D eigenvalue weighted by Gasteiger charge is -2.41. The maximum absolute atomic E-state index is 13.2. The van der Waals surface area contributed by atoms with Crippen molar-refractivity contribution in [2.24, 2.45) is 4.99 Å². The fourth-order valence-corrected chi connectivity index (χ4v) is 5.10. The molecule has 8 heteroatoms. The topological polar surface area (TPSA) is 74.2 Å². The van der Waals surface area contributed by atoms with Gasteiger partial charge in [0.05, 0.1) is 24.4 Å². The minimum absolute atomic E-state index is 0.0540. The average molecular weight is 465 g/mol. The first-order valence-corrected chi connectivity index (χ1v) is 11.8. The molecule has 7 nitrogen and oxygen atoms in total. The number of rotatable bonds is 5. The molecule has 2 aliphatic heterocycles. The van der Waals surface area contributed by atoms with Crippen molar-refractivity contribution in [1.29, 1.82) is 0 Å². The quantitative estimate of drug-likeness (QED) is 0.719. The summed E-state index contributed by atoms with van der Waals surface area (Å²) in [6.07, 6.45) is 1.02. The zero-order valence-corrected chi connectivity index (χ0v) is 20.1. The standard InChI is InChI=1S/C25H28N4O3S/c1-16-21(24(31)28(2)3)22(29-12-7-13-33-25(29)26-16)17-8-5-10-19(14-17)27-23(30)18-9-6-11-20(15-18)32-4/h5-6,8-11,14-15,22H,7,12-13H2,1-4H3,(H,27,30). The Morgan fingerprint density at radius 3 is 2.73 bits per heavy atom. The van der Waals surface area contributed by atoms with Crippen molar-refractivity contribution in [2.45, 2.75) is 19.4 Å². The van der Waals surface area contributed by atoms with Crippen LogP contribution in [0.1, 0.15) is 35.3 Å². The summed E-state index contributed by atoms with van der Waals surface area (Å²) in [5, 5.41) is 3.93. The fourth-order valence-electron chi connectivity index (χ4n) is 4.08. The van der Waals surface area contributed by atoms with Crippen molar-refractivity contribution in [3.05, 3.63) is 70.9 Å². The third-order valence-electron chi connectivity index (χ3n) is 5.69. The van der Waals surface area contributed by atoms with Gasteiger partial charge in [0.25, 0.3) is 11.8 Å². The molecule has 1 N–H and O–H groups in total. The van der Waals surface area contributed by atoms with Crippen molar-refractivity contribution in [3.8, 4) is 5.75 Å². The predicted octanol–water partition coefficient (Wildman–Crippen LogP) is 4.16. The lowest BCUT2D eigenvalue weighted by molar-refractivity contribution is -0.125. The maximum atomic E-state index is 13.2. The molecule has 2 aliphatic rings. The van der Waals surface area contributed by atoms with Crippen molar-refractivity contribution in [1.82, 2.24) is 9.80 Å². The summed E-state index contributed by atoms with van der Waals surface area (Å²) in [7, 11) is 5.09. The summed E-state index contributed by atoms with van der Waals surface area (Å²) >= 11 is 1.72. The second-order valence-electron chi connectivity index (χ2n) is 8.20. The van der Waals surface area contributed by atoms with Crippen LogP contribution in [0.5, 0.6) is 5.75 Å². The van der Waals surface area contributed by atoms with E-state index in [0.29, 0.717) is 22.6 Å². The van der Waals surface area contributed by atoms with Crippen molar-refractivity contribution in [2.75, 3.05) is 38.8 Å². The van der Waals surface area contributed by atoms with Crippen molar-refractivity contribution in [3.63, 3.8) is 0 Å². The Bertz CT molecular complexity index is 1140. The summed E-state index contributed by atoms with van der Waals surface area (Å²) in [5.74, 6) is 1.37. The van der Waals surface area contributed by atoms with Gasteiger partial charge in [-0.15, -0.1) is 0 Å². The lowest BCUT2D eigenvalue weighted by Crippen LogP contribution is -2.43. The second-order valence-corrected chi connectivity index (χ2v) is 9.26. The number of aliphatic imine (C=N–C) groups is 1. The van der Waals surface area contributed by atoms with E-state index in [9.17, 15) is 9.59 Å². The Morgan fingerprint density at radius 2 is 1.97 bits per heavy atom. The Balaban J connectivity index is 1.68. The van der Waals surface area contributed by atoms with E-state index in [1.807, 2.05) is 31.2 Å². The fraction of sp³-hybridized carbons (Fsp3) is 0.320. The van der Waals surface area contributed by atoms with Crippen LogP contribution in [-0.2, 0) is 4.79 Å².